The van der Waals surface area contributed by atoms with Crippen molar-refractivity contribution in [3.05, 3.63) is 34.9 Å². The Morgan fingerprint density at radius 3 is 2.41 bits per heavy atom. The van der Waals surface area contributed by atoms with Crippen LogP contribution < -0.4 is 5.32 Å². The van der Waals surface area contributed by atoms with E-state index in [0.29, 0.717) is 17.1 Å². The molecule has 0 saturated heterocycles. The van der Waals surface area contributed by atoms with Crippen LogP contribution in [0.2, 0.25) is 5.02 Å². The van der Waals surface area contributed by atoms with Crippen molar-refractivity contribution in [3.8, 4) is 0 Å². The Hall–Kier alpha value is -1.35. The van der Waals surface area contributed by atoms with Crippen LogP contribution in [0, 0.1) is 0 Å². The zero-order valence-corrected chi connectivity index (χ0v) is 10.6. The van der Waals surface area contributed by atoms with E-state index in [2.05, 4.69) is 5.32 Å². The molecular formula is C13H16ClNO2. The van der Waals surface area contributed by atoms with Gasteiger partial charge in [-0.25, -0.2) is 0 Å². The molecule has 0 aromatic heterocycles. The first-order valence-electron chi connectivity index (χ1n) is 5.69. The monoisotopic (exact) mass is 253 g/mol. The van der Waals surface area contributed by atoms with Gasteiger partial charge in [-0.05, 0) is 30.7 Å². The molecule has 0 heterocycles. The quantitative estimate of drug-likeness (QED) is 0.793. The van der Waals surface area contributed by atoms with Crippen molar-refractivity contribution in [1.82, 2.24) is 5.32 Å². The van der Waals surface area contributed by atoms with Gasteiger partial charge in [-0.1, -0.05) is 18.5 Å². The minimum Gasteiger partial charge on any atom is -0.356 e. The van der Waals surface area contributed by atoms with Crippen LogP contribution in [0.5, 0.6) is 0 Å². The summed E-state index contributed by atoms with van der Waals surface area (Å²) < 4.78 is 0. The van der Waals surface area contributed by atoms with E-state index >= 15 is 0 Å². The van der Waals surface area contributed by atoms with Crippen molar-refractivity contribution >= 4 is 23.3 Å². The summed E-state index contributed by atoms with van der Waals surface area (Å²) in [5.41, 5.74) is 0.595. The molecule has 0 aliphatic carbocycles. The molecule has 0 saturated carbocycles. The van der Waals surface area contributed by atoms with Gasteiger partial charge in [-0.15, -0.1) is 0 Å². The number of benzene rings is 1. The van der Waals surface area contributed by atoms with Gasteiger partial charge >= 0.3 is 0 Å². The van der Waals surface area contributed by atoms with E-state index in [1.165, 1.54) is 0 Å². The molecule has 0 atom stereocenters. The fourth-order valence-corrected chi connectivity index (χ4v) is 1.49. The lowest BCUT2D eigenvalue weighted by Gasteiger charge is -2.03. The highest BCUT2D eigenvalue weighted by Gasteiger charge is 2.08. The van der Waals surface area contributed by atoms with Crippen LogP contribution in [0.15, 0.2) is 24.3 Å². The summed E-state index contributed by atoms with van der Waals surface area (Å²) in [7, 11) is 0. The summed E-state index contributed by atoms with van der Waals surface area (Å²) in [6.45, 7) is 2.65. The molecule has 3 nitrogen and oxygen atoms in total. The van der Waals surface area contributed by atoms with Gasteiger partial charge in [0.15, 0.2) is 5.78 Å². The van der Waals surface area contributed by atoms with Gasteiger partial charge in [0.25, 0.3) is 0 Å². The molecule has 0 spiro atoms. The van der Waals surface area contributed by atoms with E-state index in [4.69, 9.17) is 11.6 Å². The highest BCUT2D eigenvalue weighted by atomic mass is 35.5. The second-order valence-corrected chi connectivity index (χ2v) is 4.22. The number of amides is 1. The molecule has 92 valence electrons. The van der Waals surface area contributed by atoms with Crippen molar-refractivity contribution in [2.75, 3.05) is 6.54 Å². The molecule has 1 rings (SSSR count). The predicted octanol–water partition coefficient (Wildman–Crippen LogP) is 2.83. The SMILES string of the molecule is CCCNC(=O)CCC(=O)c1ccc(Cl)cc1. The van der Waals surface area contributed by atoms with Crippen LogP contribution in [0.4, 0.5) is 0 Å². The van der Waals surface area contributed by atoms with E-state index in [-0.39, 0.29) is 24.5 Å². The number of rotatable bonds is 6. The minimum atomic E-state index is -0.0748. The summed E-state index contributed by atoms with van der Waals surface area (Å²) in [6, 6.07) is 6.70. The predicted molar refractivity (Wildman–Crippen MR) is 68.3 cm³/mol. The van der Waals surface area contributed by atoms with E-state index < -0.39 is 0 Å². The number of Topliss-reactive ketones (excluding diaryl/α,β-unsaturated/α-hetero) is 1. The maximum Gasteiger partial charge on any atom is 0.220 e. The van der Waals surface area contributed by atoms with Gasteiger partial charge < -0.3 is 5.32 Å². The second kappa shape index (κ2) is 7.07. The highest BCUT2D eigenvalue weighted by molar-refractivity contribution is 6.30. The number of carbonyl (C=O) groups excluding carboxylic acids is 2. The van der Waals surface area contributed by atoms with Gasteiger partial charge in [0.2, 0.25) is 5.91 Å². The maximum absolute atomic E-state index is 11.7. The van der Waals surface area contributed by atoms with Crippen LogP contribution >= 0.6 is 11.6 Å². The zero-order valence-electron chi connectivity index (χ0n) is 9.83. The minimum absolute atomic E-state index is 0.0340. The standard InChI is InChI=1S/C13H16ClNO2/c1-2-9-15-13(17)8-7-12(16)10-3-5-11(14)6-4-10/h3-6H,2,7-9H2,1H3,(H,15,17). The Labute approximate surface area is 106 Å². The van der Waals surface area contributed by atoms with Crippen molar-refractivity contribution in [1.29, 1.82) is 0 Å². The summed E-state index contributed by atoms with van der Waals surface area (Å²) >= 11 is 5.73. The second-order valence-electron chi connectivity index (χ2n) is 3.78. The molecule has 0 aliphatic rings. The highest BCUT2D eigenvalue weighted by Crippen LogP contribution is 2.11. The number of hydrogen-bond donors (Lipinski definition) is 1. The molecule has 1 aromatic carbocycles. The van der Waals surface area contributed by atoms with E-state index in [9.17, 15) is 9.59 Å². The lowest BCUT2D eigenvalue weighted by atomic mass is 10.1. The Kier molecular flexibility index (Phi) is 5.70. The van der Waals surface area contributed by atoms with Crippen LogP contribution in [0.1, 0.15) is 36.5 Å². The molecule has 0 fully saturated rings. The molecule has 17 heavy (non-hydrogen) atoms. The number of halogens is 1. The largest absolute Gasteiger partial charge is 0.356 e. The van der Waals surface area contributed by atoms with Crippen molar-refractivity contribution in [2.24, 2.45) is 0 Å². The molecule has 4 heteroatoms. The van der Waals surface area contributed by atoms with Gasteiger partial charge in [0, 0.05) is 30.0 Å². The molecule has 0 unspecified atom stereocenters. The van der Waals surface area contributed by atoms with Crippen LogP contribution in [0.25, 0.3) is 0 Å². The lowest BCUT2D eigenvalue weighted by molar-refractivity contribution is -0.121. The zero-order chi connectivity index (χ0) is 12.7. The number of carbonyl (C=O) groups is 2. The first-order chi connectivity index (χ1) is 8.13. The number of ketones is 1. The summed E-state index contributed by atoms with van der Waals surface area (Å²) in [5, 5.41) is 3.34. The van der Waals surface area contributed by atoms with Crippen LogP contribution in [-0.4, -0.2) is 18.2 Å². The first-order valence-corrected chi connectivity index (χ1v) is 6.06. The van der Waals surface area contributed by atoms with Crippen LogP contribution in [0.3, 0.4) is 0 Å². The molecule has 0 radical (unpaired) electrons. The molecule has 0 bridgehead atoms. The van der Waals surface area contributed by atoms with E-state index in [1.807, 2.05) is 6.92 Å². The molecule has 1 N–H and O–H groups in total. The molecule has 1 amide bonds. The summed E-state index contributed by atoms with van der Waals surface area (Å²) in [6.07, 6.45) is 1.37. The van der Waals surface area contributed by atoms with Gasteiger partial charge in [0.1, 0.15) is 0 Å². The van der Waals surface area contributed by atoms with Crippen molar-refractivity contribution in [3.63, 3.8) is 0 Å². The average Bonchev–Trinajstić information content (AvgIpc) is 2.34. The summed E-state index contributed by atoms with van der Waals surface area (Å²) in [4.78, 5) is 23.0. The Morgan fingerprint density at radius 1 is 1.18 bits per heavy atom. The Balaban J connectivity index is 2.39. The Morgan fingerprint density at radius 2 is 1.82 bits per heavy atom. The smallest absolute Gasteiger partial charge is 0.220 e. The molecule has 1 aromatic rings. The summed E-state index contributed by atoms with van der Waals surface area (Å²) in [5.74, 6) is -0.109. The fourth-order valence-electron chi connectivity index (χ4n) is 1.36. The number of nitrogens with one attached hydrogen (secondary N) is 1. The maximum atomic E-state index is 11.7. The Bertz CT molecular complexity index is 387. The topological polar surface area (TPSA) is 46.2 Å². The average molecular weight is 254 g/mol. The molecule has 0 aliphatic heterocycles. The molecular weight excluding hydrogens is 238 g/mol. The van der Waals surface area contributed by atoms with Gasteiger partial charge in [-0.3, -0.25) is 9.59 Å². The lowest BCUT2D eigenvalue weighted by Crippen LogP contribution is -2.24. The van der Waals surface area contributed by atoms with Gasteiger partial charge in [0.05, 0.1) is 0 Å². The van der Waals surface area contributed by atoms with Crippen molar-refractivity contribution in [2.45, 2.75) is 26.2 Å². The van der Waals surface area contributed by atoms with E-state index in [1.54, 1.807) is 24.3 Å². The van der Waals surface area contributed by atoms with E-state index in [0.717, 1.165) is 6.42 Å². The number of hydrogen-bond acceptors (Lipinski definition) is 2. The van der Waals surface area contributed by atoms with Crippen LogP contribution in [-0.2, 0) is 4.79 Å². The van der Waals surface area contributed by atoms with Crippen molar-refractivity contribution < 1.29 is 9.59 Å². The van der Waals surface area contributed by atoms with Gasteiger partial charge in [-0.2, -0.15) is 0 Å². The first kappa shape index (κ1) is 13.7. The third-order valence-corrected chi connectivity index (χ3v) is 2.57. The normalized spacial score (nSPS) is 10.0. The third kappa shape index (κ3) is 5.00. The fraction of sp³-hybridized carbons (Fsp3) is 0.385. The third-order valence-electron chi connectivity index (χ3n) is 2.32.